The number of carbonyl (C=O) groups is 1. The molecule has 3 rings (SSSR count). The van der Waals surface area contributed by atoms with Crippen LogP contribution in [0.25, 0.3) is 22.3 Å². The Labute approximate surface area is 185 Å². The number of ether oxygens (including phenoxy) is 1. The van der Waals surface area contributed by atoms with Gasteiger partial charge in [-0.3, -0.25) is 0 Å². The van der Waals surface area contributed by atoms with Crippen molar-refractivity contribution in [2.24, 2.45) is 0 Å². The fourth-order valence-electron chi connectivity index (χ4n) is 3.80. The molecule has 0 atom stereocenters. The van der Waals surface area contributed by atoms with Crippen LogP contribution in [0.4, 0.5) is 0 Å². The highest BCUT2D eigenvalue weighted by Crippen LogP contribution is 2.31. The summed E-state index contributed by atoms with van der Waals surface area (Å²) in [6.07, 6.45) is 3.29. The first-order valence-corrected chi connectivity index (χ1v) is 10.8. The number of aliphatic hydroxyl groups is 1. The highest BCUT2D eigenvalue weighted by atomic mass is 16.5. The Bertz CT molecular complexity index is 1050. The lowest BCUT2D eigenvalue weighted by Gasteiger charge is -2.15. The van der Waals surface area contributed by atoms with Crippen LogP contribution in [0, 0.1) is 6.92 Å². The van der Waals surface area contributed by atoms with Crippen LogP contribution in [0.1, 0.15) is 29.2 Å². The van der Waals surface area contributed by atoms with Crippen LogP contribution in [-0.2, 0) is 28.8 Å². The zero-order chi connectivity index (χ0) is 22.2. The van der Waals surface area contributed by atoms with Crippen LogP contribution >= 0.6 is 0 Å². The zero-order valence-corrected chi connectivity index (χ0v) is 18.4. The summed E-state index contributed by atoms with van der Waals surface area (Å²) in [6, 6.07) is 21.6. The van der Waals surface area contributed by atoms with Crippen LogP contribution in [-0.4, -0.2) is 24.3 Å². The average Bonchev–Trinajstić information content (AvgIpc) is 2.80. The van der Waals surface area contributed by atoms with Crippen LogP contribution in [0.3, 0.4) is 0 Å². The molecule has 0 saturated heterocycles. The van der Waals surface area contributed by atoms with Gasteiger partial charge in [0.1, 0.15) is 0 Å². The third-order valence-corrected chi connectivity index (χ3v) is 5.55. The second-order valence-corrected chi connectivity index (χ2v) is 7.67. The number of esters is 1. The third kappa shape index (κ3) is 5.71. The van der Waals surface area contributed by atoms with E-state index < -0.39 is 5.97 Å². The molecule has 160 valence electrons. The first kappa shape index (κ1) is 22.5. The Morgan fingerprint density at radius 2 is 1.58 bits per heavy atom. The van der Waals surface area contributed by atoms with E-state index in [-0.39, 0.29) is 6.61 Å². The van der Waals surface area contributed by atoms with Gasteiger partial charge in [0.05, 0.1) is 6.61 Å². The minimum Gasteiger partial charge on any atom is -0.462 e. The average molecular weight is 415 g/mol. The minimum atomic E-state index is -0.417. The first-order valence-electron chi connectivity index (χ1n) is 10.8. The number of aryl methyl sites for hydroxylation is 2. The Hall–Kier alpha value is -3.17. The first-order chi connectivity index (χ1) is 15.0. The summed E-state index contributed by atoms with van der Waals surface area (Å²) in [4.78, 5) is 11.4. The van der Waals surface area contributed by atoms with Gasteiger partial charge in [-0.2, -0.15) is 0 Å². The lowest BCUT2D eigenvalue weighted by atomic mass is 9.91. The van der Waals surface area contributed by atoms with Gasteiger partial charge in [0.25, 0.3) is 0 Å². The maximum Gasteiger partial charge on any atom is 0.330 e. The number of rotatable bonds is 9. The summed E-state index contributed by atoms with van der Waals surface area (Å²) in [5.41, 5.74) is 9.49. The van der Waals surface area contributed by atoms with Crippen molar-refractivity contribution < 1.29 is 14.6 Å². The minimum absolute atomic E-state index is 0.0875. The lowest BCUT2D eigenvalue weighted by Crippen LogP contribution is -2.07. The lowest BCUT2D eigenvalue weighted by molar-refractivity contribution is -0.137. The van der Waals surface area contributed by atoms with Crippen LogP contribution < -0.4 is 0 Å². The van der Waals surface area contributed by atoms with E-state index in [1.807, 2.05) is 0 Å². The largest absolute Gasteiger partial charge is 0.462 e. The van der Waals surface area contributed by atoms with Gasteiger partial charge in [-0.1, -0.05) is 79.7 Å². The second kappa shape index (κ2) is 10.7. The van der Waals surface area contributed by atoms with Crippen molar-refractivity contribution in [3.8, 4) is 22.3 Å². The van der Waals surface area contributed by atoms with Gasteiger partial charge in [0.2, 0.25) is 0 Å². The van der Waals surface area contributed by atoms with Crippen molar-refractivity contribution in [2.45, 2.75) is 33.1 Å². The van der Waals surface area contributed by atoms with Gasteiger partial charge in [-0.05, 0) is 58.7 Å². The van der Waals surface area contributed by atoms with Crippen molar-refractivity contribution in [1.29, 1.82) is 0 Å². The monoisotopic (exact) mass is 414 g/mol. The van der Waals surface area contributed by atoms with Crippen molar-refractivity contribution in [1.82, 2.24) is 0 Å². The van der Waals surface area contributed by atoms with Crippen molar-refractivity contribution in [3.63, 3.8) is 0 Å². The molecule has 31 heavy (non-hydrogen) atoms. The Balaban J connectivity index is 1.93. The molecule has 0 aliphatic rings. The zero-order valence-electron chi connectivity index (χ0n) is 18.4. The van der Waals surface area contributed by atoms with E-state index in [4.69, 9.17) is 4.74 Å². The molecule has 3 heteroatoms. The van der Waals surface area contributed by atoms with E-state index in [2.05, 4.69) is 81.1 Å². The summed E-state index contributed by atoms with van der Waals surface area (Å²) in [6.45, 7) is 8.08. The molecule has 3 aromatic carbocycles. The molecular formula is C28H30O3. The van der Waals surface area contributed by atoms with Crippen molar-refractivity contribution in [3.05, 3.63) is 95.6 Å². The summed E-state index contributed by atoms with van der Waals surface area (Å²) >= 11 is 0. The molecular weight excluding hydrogens is 384 g/mol. The van der Waals surface area contributed by atoms with Crippen LogP contribution in [0.5, 0.6) is 0 Å². The van der Waals surface area contributed by atoms with Crippen LogP contribution in [0.2, 0.25) is 0 Å². The molecule has 0 aliphatic carbocycles. The molecule has 0 aromatic heterocycles. The Kier molecular flexibility index (Phi) is 7.80. The molecule has 0 saturated carbocycles. The fraction of sp³-hybridized carbons (Fsp3) is 0.250. The molecule has 1 N–H and O–H groups in total. The molecule has 0 fully saturated rings. The van der Waals surface area contributed by atoms with Gasteiger partial charge >= 0.3 is 5.97 Å². The SMILES string of the molecule is C=CC(=O)OCCc1cc(-c2ccc(-c3ccc(C)cc3)cc2CC)ccc1CCO. The van der Waals surface area contributed by atoms with Gasteiger partial charge < -0.3 is 9.84 Å². The standard InChI is InChI=1S/C28H30O3/c1-4-21-18-24(22-8-6-20(3)7-9-22)12-13-27(21)26-11-10-23(14-16-29)25(19-26)15-17-31-28(30)5-2/h5-13,18-19,29H,2,4,14-17H2,1,3H3. The topological polar surface area (TPSA) is 46.5 Å². The summed E-state index contributed by atoms with van der Waals surface area (Å²) in [7, 11) is 0. The van der Waals surface area contributed by atoms with E-state index in [0.29, 0.717) is 19.4 Å². The molecule has 0 heterocycles. The van der Waals surface area contributed by atoms with Crippen molar-refractivity contribution >= 4 is 5.97 Å². The number of aliphatic hydroxyl groups excluding tert-OH is 1. The molecule has 0 unspecified atom stereocenters. The number of hydrogen-bond acceptors (Lipinski definition) is 3. The van der Waals surface area contributed by atoms with Crippen molar-refractivity contribution in [2.75, 3.05) is 13.2 Å². The van der Waals surface area contributed by atoms with Gasteiger partial charge in [0.15, 0.2) is 0 Å². The van der Waals surface area contributed by atoms with Crippen LogP contribution in [0.15, 0.2) is 73.3 Å². The molecule has 0 spiro atoms. The number of carbonyl (C=O) groups excluding carboxylic acids is 1. The smallest absolute Gasteiger partial charge is 0.330 e. The molecule has 0 amide bonds. The molecule has 0 bridgehead atoms. The Morgan fingerprint density at radius 1 is 0.903 bits per heavy atom. The van der Waals surface area contributed by atoms with E-state index in [9.17, 15) is 9.90 Å². The second-order valence-electron chi connectivity index (χ2n) is 7.67. The molecule has 3 aromatic rings. The van der Waals surface area contributed by atoms with E-state index in [1.54, 1.807) is 0 Å². The van der Waals surface area contributed by atoms with E-state index in [1.165, 1.54) is 33.9 Å². The number of benzene rings is 3. The fourth-order valence-corrected chi connectivity index (χ4v) is 3.80. The van der Waals surface area contributed by atoms with E-state index >= 15 is 0 Å². The van der Waals surface area contributed by atoms with Gasteiger partial charge in [-0.15, -0.1) is 0 Å². The van der Waals surface area contributed by atoms with Gasteiger partial charge in [-0.25, -0.2) is 4.79 Å². The predicted molar refractivity (Wildman–Crippen MR) is 127 cm³/mol. The summed E-state index contributed by atoms with van der Waals surface area (Å²) in [5, 5.41) is 9.42. The Morgan fingerprint density at radius 3 is 2.26 bits per heavy atom. The van der Waals surface area contributed by atoms with E-state index in [0.717, 1.165) is 23.1 Å². The maximum atomic E-state index is 11.4. The van der Waals surface area contributed by atoms with Gasteiger partial charge in [0, 0.05) is 19.1 Å². The molecule has 3 nitrogen and oxygen atoms in total. The highest BCUT2D eigenvalue weighted by Gasteiger charge is 2.11. The third-order valence-electron chi connectivity index (χ3n) is 5.55. The number of hydrogen-bond donors (Lipinski definition) is 1. The molecule has 0 radical (unpaired) electrons. The summed E-state index contributed by atoms with van der Waals surface area (Å²) < 4.78 is 5.17. The quantitative estimate of drug-likeness (QED) is 0.361. The maximum absolute atomic E-state index is 11.4. The highest BCUT2D eigenvalue weighted by molar-refractivity contribution is 5.81. The summed E-state index contributed by atoms with van der Waals surface area (Å²) in [5.74, 6) is -0.417. The predicted octanol–water partition coefficient (Wildman–Crippen LogP) is 5.70. The normalized spacial score (nSPS) is 10.7. The molecule has 0 aliphatic heterocycles.